The quantitative estimate of drug-likeness (QED) is 0.910. The Labute approximate surface area is 113 Å². The zero-order valence-corrected chi connectivity index (χ0v) is 11.3. The first-order valence-electron chi connectivity index (χ1n) is 7.07. The Morgan fingerprint density at radius 2 is 2.21 bits per heavy atom. The standard InChI is InChI=1S/C15H20N4/c1-2-9-19(12-7-8-16-10-12)15-13-5-3-4-6-14(13)17-11-18-15/h3-6,11-12,16H,2,7-10H2,1H3. The summed E-state index contributed by atoms with van der Waals surface area (Å²) in [5.74, 6) is 1.08. The van der Waals surface area contributed by atoms with Crippen molar-refractivity contribution in [1.29, 1.82) is 0 Å². The summed E-state index contributed by atoms with van der Waals surface area (Å²) in [5, 5.41) is 4.60. The highest BCUT2D eigenvalue weighted by Crippen LogP contribution is 2.26. The highest BCUT2D eigenvalue weighted by Gasteiger charge is 2.24. The Hall–Kier alpha value is -1.68. The first-order valence-corrected chi connectivity index (χ1v) is 7.07. The molecule has 0 bridgehead atoms. The molecular weight excluding hydrogens is 236 g/mol. The van der Waals surface area contributed by atoms with Crippen molar-refractivity contribution in [3.63, 3.8) is 0 Å². The minimum atomic E-state index is 0.554. The van der Waals surface area contributed by atoms with Gasteiger partial charge < -0.3 is 10.2 Å². The van der Waals surface area contributed by atoms with E-state index in [0.717, 1.165) is 42.8 Å². The zero-order chi connectivity index (χ0) is 13.1. The van der Waals surface area contributed by atoms with Crippen LogP contribution in [-0.2, 0) is 0 Å². The first-order chi connectivity index (χ1) is 9.40. The molecule has 1 aromatic carbocycles. The molecule has 0 radical (unpaired) electrons. The minimum Gasteiger partial charge on any atom is -0.352 e. The molecule has 0 saturated carbocycles. The maximum atomic E-state index is 4.56. The van der Waals surface area contributed by atoms with Crippen LogP contribution >= 0.6 is 0 Å². The number of benzene rings is 1. The minimum absolute atomic E-state index is 0.554. The number of hydrogen-bond acceptors (Lipinski definition) is 4. The molecular formula is C15H20N4. The number of hydrogen-bond donors (Lipinski definition) is 1. The number of anilines is 1. The first kappa shape index (κ1) is 12.4. The van der Waals surface area contributed by atoms with Gasteiger partial charge in [0.15, 0.2) is 0 Å². The molecule has 1 aliphatic rings. The van der Waals surface area contributed by atoms with E-state index in [1.807, 2.05) is 6.07 Å². The maximum Gasteiger partial charge on any atom is 0.140 e. The van der Waals surface area contributed by atoms with E-state index in [1.165, 1.54) is 6.42 Å². The van der Waals surface area contributed by atoms with Crippen molar-refractivity contribution in [2.75, 3.05) is 24.5 Å². The number of para-hydroxylation sites is 1. The van der Waals surface area contributed by atoms with Crippen LogP contribution in [-0.4, -0.2) is 35.6 Å². The van der Waals surface area contributed by atoms with Crippen molar-refractivity contribution in [1.82, 2.24) is 15.3 Å². The number of fused-ring (bicyclic) bond motifs is 1. The summed E-state index contributed by atoms with van der Waals surface area (Å²) in [6.07, 6.45) is 4.01. The third-order valence-corrected chi connectivity index (χ3v) is 3.73. The lowest BCUT2D eigenvalue weighted by Crippen LogP contribution is -2.38. The molecule has 1 aliphatic heterocycles. The van der Waals surface area contributed by atoms with E-state index in [1.54, 1.807) is 6.33 Å². The van der Waals surface area contributed by atoms with E-state index in [9.17, 15) is 0 Å². The van der Waals surface area contributed by atoms with Crippen LogP contribution in [0.15, 0.2) is 30.6 Å². The van der Waals surface area contributed by atoms with E-state index < -0.39 is 0 Å². The van der Waals surface area contributed by atoms with Crippen LogP contribution in [0.2, 0.25) is 0 Å². The Bertz CT molecular complexity index is 543. The molecule has 100 valence electrons. The highest BCUT2D eigenvalue weighted by atomic mass is 15.2. The van der Waals surface area contributed by atoms with Crippen LogP contribution < -0.4 is 10.2 Å². The van der Waals surface area contributed by atoms with Gasteiger partial charge in [-0.05, 0) is 31.5 Å². The van der Waals surface area contributed by atoms with Crippen LogP contribution in [0.5, 0.6) is 0 Å². The SMILES string of the molecule is CCCN(c1ncnc2ccccc12)C1CCNC1. The molecule has 0 spiro atoms. The third-order valence-electron chi connectivity index (χ3n) is 3.73. The topological polar surface area (TPSA) is 41.1 Å². The molecule has 2 aromatic rings. The Morgan fingerprint density at radius 3 is 3.00 bits per heavy atom. The van der Waals surface area contributed by atoms with Crippen molar-refractivity contribution in [2.45, 2.75) is 25.8 Å². The molecule has 1 unspecified atom stereocenters. The summed E-state index contributed by atoms with van der Waals surface area (Å²) in [5.41, 5.74) is 1.03. The summed E-state index contributed by atoms with van der Waals surface area (Å²) < 4.78 is 0. The van der Waals surface area contributed by atoms with E-state index >= 15 is 0 Å². The highest BCUT2D eigenvalue weighted by molar-refractivity contribution is 5.89. The molecule has 3 rings (SSSR count). The third kappa shape index (κ3) is 2.40. The molecule has 1 atom stereocenters. The van der Waals surface area contributed by atoms with Gasteiger partial charge in [0.05, 0.1) is 5.52 Å². The second-order valence-corrected chi connectivity index (χ2v) is 5.05. The second-order valence-electron chi connectivity index (χ2n) is 5.05. The van der Waals surface area contributed by atoms with E-state index in [2.05, 4.69) is 45.3 Å². The van der Waals surface area contributed by atoms with E-state index in [0.29, 0.717) is 6.04 Å². The van der Waals surface area contributed by atoms with Crippen molar-refractivity contribution < 1.29 is 0 Å². The van der Waals surface area contributed by atoms with E-state index in [4.69, 9.17) is 0 Å². The molecule has 1 saturated heterocycles. The molecule has 2 heterocycles. The Balaban J connectivity index is 2.03. The normalized spacial score (nSPS) is 18.9. The fraction of sp³-hybridized carbons (Fsp3) is 0.467. The van der Waals surface area contributed by atoms with Crippen LogP contribution in [0.25, 0.3) is 10.9 Å². The molecule has 4 nitrogen and oxygen atoms in total. The summed E-state index contributed by atoms with van der Waals surface area (Å²) in [6, 6.07) is 8.82. The average Bonchev–Trinajstić information content (AvgIpc) is 2.98. The van der Waals surface area contributed by atoms with Gasteiger partial charge in [-0.25, -0.2) is 9.97 Å². The van der Waals surface area contributed by atoms with Crippen LogP contribution in [0.3, 0.4) is 0 Å². The Kier molecular flexibility index (Phi) is 3.60. The largest absolute Gasteiger partial charge is 0.352 e. The van der Waals surface area contributed by atoms with Gasteiger partial charge in [-0.3, -0.25) is 0 Å². The van der Waals surface area contributed by atoms with Crippen molar-refractivity contribution in [2.24, 2.45) is 0 Å². The smallest absolute Gasteiger partial charge is 0.140 e. The van der Waals surface area contributed by atoms with Gasteiger partial charge in [-0.2, -0.15) is 0 Å². The van der Waals surface area contributed by atoms with Crippen LogP contribution in [0.4, 0.5) is 5.82 Å². The summed E-state index contributed by atoms with van der Waals surface area (Å²) in [6.45, 7) is 5.43. The molecule has 4 heteroatoms. The second kappa shape index (κ2) is 5.53. The number of aromatic nitrogens is 2. The van der Waals surface area contributed by atoms with Crippen molar-refractivity contribution >= 4 is 16.7 Å². The Morgan fingerprint density at radius 1 is 1.32 bits per heavy atom. The van der Waals surface area contributed by atoms with Gasteiger partial charge in [0, 0.05) is 24.5 Å². The van der Waals surface area contributed by atoms with Gasteiger partial charge in [-0.15, -0.1) is 0 Å². The predicted octanol–water partition coefficient (Wildman–Crippen LogP) is 2.21. The fourth-order valence-corrected chi connectivity index (χ4v) is 2.83. The van der Waals surface area contributed by atoms with Gasteiger partial charge in [-0.1, -0.05) is 19.1 Å². The molecule has 1 N–H and O–H groups in total. The molecule has 1 aromatic heterocycles. The van der Waals surface area contributed by atoms with Crippen molar-refractivity contribution in [3.05, 3.63) is 30.6 Å². The van der Waals surface area contributed by atoms with Crippen LogP contribution in [0, 0.1) is 0 Å². The summed E-state index contributed by atoms with van der Waals surface area (Å²) >= 11 is 0. The number of rotatable bonds is 4. The lowest BCUT2D eigenvalue weighted by molar-refractivity contribution is 0.620. The van der Waals surface area contributed by atoms with E-state index in [-0.39, 0.29) is 0 Å². The average molecular weight is 256 g/mol. The van der Waals surface area contributed by atoms with Gasteiger partial charge >= 0.3 is 0 Å². The van der Waals surface area contributed by atoms with Crippen molar-refractivity contribution in [3.8, 4) is 0 Å². The molecule has 19 heavy (non-hydrogen) atoms. The number of nitrogens with zero attached hydrogens (tertiary/aromatic N) is 3. The predicted molar refractivity (Wildman–Crippen MR) is 78.4 cm³/mol. The monoisotopic (exact) mass is 256 g/mol. The van der Waals surface area contributed by atoms with Gasteiger partial charge in [0.1, 0.15) is 12.1 Å². The summed E-state index contributed by atoms with van der Waals surface area (Å²) in [4.78, 5) is 11.4. The maximum absolute atomic E-state index is 4.56. The number of nitrogens with one attached hydrogen (secondary N) is 1. The van der Waals surface area contributed by atoms with Gasteiger partial charge in [0.2, 0.25) is 0 Å². The molecule has 0 amide bonds. The van der Waals surface area contributed by atoms with Gasteiger partial charge in [0.25, 0.3) is 0 Å². The summed E-state index contributed by atoms with van der Waals surface area (Å²) in [7, 11) is 0. The lowest BCUT2D eigenvalue weighted by Gasteiger charge is -2.30. The lowest BCUT2D eigenvalue weighted by atomic mass is 10.1. The fourth-order valence-electron chi connectivity index (χ4n) is 2.83. The molecule has 1 fully saturated rings. The molecule has 0 aliphatic carbocycles. The van der Waals surface area contributed by atoms with Crippen LogP contribution in [0.1, 0.15) is 19.8 Å². The zero-order valence-electron chi connectivity index (χ0n) is 11.3.